The topological polar surface area (TPSA) is 73.1 Å². The molecular weight excluding hydrogens is 414 g/mol. The molecule has 3 fully saturated rings. The molecule has 1 amide bonds. The molecule has 6 rings (SSSR count). The Balaban J connectivity index is 0.894. The highest BCUT2D eigenvalue weighted by atomic mass is 16.5. The molecule has 0 radical (unpaired) electrons. The number of likely N-dealkylation sites (tertiary alicyclic amines) is 1. The molecule has 4 aliphatic rings. The van der Waals surface area contributed by atoms with Gasteiger partial charge in [0.1, 0.15) is 12.1 Å². The summed E-state index contributed by atoms with van der Waals surface area (Å²) in [6.07, 6.45) is 14.4. The summed E-state index contributed by atoms with van der Waals surface area (Å²) in [4.78, 5) is 15.0. The van der Waals surface area contributed by atoms with Crippen molar-refractivity contribution >= 4 is 5.91 Å². The predicted octanol–water partition coefficient (Wildman–Crippen LogP) is 3.91. The summed E-state index contributed by atoms with van der Waals surface area (Å²) in [6, 6.07) is 7.88. The van der Waals surface area contributed by atoms with Crippen molar-refractivity contribution in [1.29, 1.82) is 0 Å². The molecule has 4 unspecified atom stereocenters. The van der Waals surface area contributed by atoms with Crippen molar-refractivity contribution in [3.8, 4) is 11.4 Å². The van der Waals surface area contributed by atoms with Gasteiger partial charge in [0.25, 0.3) is 0 Å². The van der Waals surface area contributed by atoms with Gasteiger partial charge in [0.15, 0.2) is 0 Å². The van der Waals surface area contributed by atoms with Crippen molar-refractivity contribution < 1.29 is 9.53 Å². The molecule has 0 spiro atoms. The van der Waals surface area contributed by atoms with E-state index in [-0.39, 0.29) is 0 Å². The van der Waals surface area contributed by atoms with Crippen LogP contribution < -0.4 is 4.74 Å². The van der Waals surface area contributed by atoms with Gasteiger partial charge < -0.3 is 9.64 Å². The molecule has 2 heterocycles. The molecule has 1 aromatic carbocycles. The minimum atomic E-state index is 0.409. The van der Waals surface area contributed by atoms with Crippen LogP contribution in [0.25, 0.3) is 5.69 Å². The van der Waals surface area contributed by atoms with E-state index in [1.54, 1.807) is 11.0 Å². The zero-order chi connectivity index (χ0) is 22.2. The summed E-state index contributed by atoms with van der Waals surface area (Å²) in [5.74, 6) is 5.75. The molecule has 5 atom stereocenters. The Morgan fingerprint density at radius 2 is 1.88 bits per heavy atom. The third kappa shape index (κ3) is 4.55. The van der Waals surface area contributed by atoms with Crippen molar-refractivity contribution in [2.75, 3.05) is 19.7 Å². The quantitative estimate of drug-likeness (QED) is 0.574. The Labute approximate surface area is 195 Å². The fourth-order valence-corrected chi connectivity index (χ4v) is 6.54. The minimum Gasteiger partial charge on any atom is -0.494 e. The van der Waals surface area contributed by atoms with E-state index in [2.05, 4.69) is 32.6 Å². The fraction of sp³-hybridized carbons (Fsp3) is 0.615. The first-order valence-electron chi connectivity index (χ1n) is 12.7. The van der Waals surface area contributed by atoms with Gasteiger partial charge in [-0.05, 0) is 109 Å². The standard InChI is InChI=1S/C26H33N5O2/c32-26(16-22-14-18-1-2-20(22)13-18)30-10-7-19(8-11-30)25-15-21(25)9-12-33-24-5-3-23(4-6-24)31-17-27-28-29-31/h1-6,17-22,25H,7-16H2/t18?,20?,21?,22?,25-/m1/s1. The van der Waals surface area contributed by atoms with Gasteiger partial charge in [0.2, 0.25) is 5.91 Å². The number of hydrogen-bond donors (Lipinski definition) is 0. The van der Waals surface area contributed by atoms with E-state index >= 15 is 0 Å². The first-order valence-corrected chi connectivity index (χ1v) is 12.7. The predicted molar refractivity (Wildman–Crippen MR) is 124 cm³/mol. The lowest BCUT2D eigenvalue weighted by atomic mass is 9.88. The number of nitrogens with zero attached hydrogens (tertiary/aromatic N) is 5. The maximum Gasteiger partial charge on any atom is 0.222 e. The number of tetrazole rings is 1. The molecule has 2 bridgehead atoms. The average molecular weight is 448 g/mol. The van der Waals surface area contributed by atoms with Crippen LogP contribution in [0.1, 0.15) is 44.9 Å². The SMILES string of the molecule is O=C(CC1CC2C=CC1C2)N1CCC([C@H]2CC2CCOc2ccc(-n3cnnn3)cc2)CC1. The fourth-order valence-electron chi connectivity index (χ4n) is 6.54. The van der Waals surface area contributed by atoms with Gasteiger partial charge in [-0.1, -0.05) is 12.2 Å². The van der Waals surface area contributed by atoms with Crippen molar-refractivity contribution in [2.24, 2.45) is 35.5 Å². The minimum absolute atomic E-state index is 0.409. The summed E-state index contributed by atoms with van der Waals surface area (Å²) in [5, 5.41) is 11.2. The molecule has 174 valence electrons. The summed E-state index contributed by atoms with van der Waals surface area (Å²) in [7, 11) is 0. The summed E-state index contributed by atoms with van der Waals surface area (Å²) in [5.41, 5.74) is 0.923. The Morgan fingerprint density at radius 3 is 2.58 bits per heavy atom. The highest BCUT2D eigenvalue weighted by molar-refractivity contribution is 5.76. The zero-order valence-corrected chi connectivity index (χ0v) is 19.1. The Hall–Kier alpha value is -2.70. The Kier molecular flexibility index (Phi) is 5.64. The van der Waals surface area contributed by atoms with Crippen LogP contribution in [0.3, 0.4) is 0 Å². The molecule has 2 saturated carbocycles. The van der Waals surface area contributed by atoms with Gasteiger partial charge >= 0.3 is 0 Å². The summed E-state index contributed by atoms with van der Waals surface area (Å²) < 4.78 is 7.61. The lowest BCUT2D eigenvalue weighted by Crippen LogP contribution is -2.40. The summed E-state index contributed by atoms with van der Waals surface area (Å²) in [6.45, 7) is 2.70. The third-order valence-electron chi connectivity index (χ3n) is 8.54. The molecule has 3 aliphatic carbocycles. The van der Waals surface area contributed by atoms with Gasteiger partial charge in [0, 0.05) is 19.5 Å². The first-order chi connectivity index (χ1) is 16.2. The first kappa shape index (κ1) is 20.9. The number of rotatable bonds is 8. The average Bonchev–Trinajstić information content (AvgIpc) is 3.22. The number of carbonyl (C=O) groups excluding carboxylic acids is 1. The van der Waals surface area contributed by atoms with E-state index in [0.717, 1.165) is 67.6 Å². The van der Waals surface area contributed by atoms with E-state index in [9.17, 15) is 4.79 Å². The van der Waals surface area contributed by atoms with Crippen molar-refractivity contribution in [1.82, 2.24) is 25.1 Å². The van der Waals surface area contributed by atoms with Crippen molar-refractivity contribution in [3.05, 3.63) is 42.7 Å². The number of hydrogen-bond acceptors (Lipinski definition) is 5. The molecule has 1 saturated heterocycles. The lowest BCUT2D eigenvalue weighted by Gasteiger charge is -2.33. The van der Waals surface area contributed by atoms with Crippen LogP contribution in [0.5, 0.6) is 5.75 Å². The second-order valence-corrected chi connectivity index (χ2v) is 10.5. The van der Waals surface area contributed by atoms with Crippen LogP contribution in [-0.4, -0.2) is 50.7 Å². The molecule has 1 aromatic heterocycles. The second kappa shape index (κ2) is 8.92. The number of carbonyl (C=O) groups is 1. The molecule has 7 heteroatoms. The van der Waals surface area contributed by atoms with Crippen LogP contribution in [-0.2, 0) is 4.79 Å². The van der Waals surface area contributed by atoms with Crippen LogP contribution >= 0.6 is 0 Å². The highest BCUT2D eigenvalue weighted by Gasteiger charge is 2.44. The zero-order valence-electron chi connectivity index (χ0n) is 19.1. The lowest BCUT2D eigenvalue weighted by molar-refractivity contribution is -0.133. The molecule has 1 aliphatic heterocycles. The molecule has 2 aromatic rings. The second-order valence-electron chi connectivity index (χ2n) is 10.5. The number of ether oxygens (including phenoxy) is 1. The number of benzene rings is 1. The van der Waals surface area contributed by atoms with Crippen LogP contribution in [0, 0.1) is 35.5 Å². The Bertz CT molecular complexity index is 981. The maximum atomic E-state index is 12.8. The third-order valence-corrected chi connectivity index (χ3v) is 8.54. The van der Waals surface area contributed by atoms with Gasteiger partial charge in [-0.25, -0.2) is 4.68 Å². The van der Waals surface area contributed by atoms with E-state index in [4.69, 9.17) is 4.74 Å². The van der Waals surface area contributed by atoms with Crippen molar-refractivity contribution in [2.45, 2.75) is 44.9 Å². The van der Waals surface area contributed by atoms with E-state index in [1.807, 2.05) is 24.3 Å². The van der Waals surface area contributed by atoms with Gasteiger partial charge in [0.05, 0.1) is 12.3 Å². The maximum absolute atomic E-state index is 12.8. The molecule has 7 nitrogen and oxygen atoms in total. The number of amides is 1. The van der Waals surface area contributed by atoms with Crippen LogP contribution in [0.4, 0.5) is 0 Å². The van der Waals surface area contributed by atoms with Gasteiger partial charge in [-0.15, -0.1) is 5.10 Å². The smallest absolute Gasteiger partial charge is 0.222 e. The summed E-state index contributed by atoms with van der Waals surface area (Å²) >= 11 is 0. The number of fused-ring (bicyclic) bond motifs is 2. The van der Waals surface area contributed by atoms with E-state index < -0.39 is 0 Å². The molecule has 33 heavy (non-hydrogen) atoms. The van der Waals surface area contributed by atoms with E-state index in [1.165, 1.54) is 32.1 Å². The largest absolute Gasteiger partial charge is 0.494 e. The molecular formula is C26H33N5O2. The van der Waals surface area contributed by atoms with Gasteiger partial charge in [-0.2, -0.15) is 0 Å². The number of piperidine rings is 1. The van der Waals surface area contributed by atoms with Crippen molar-refractivity contribution in [3.63, 3.8) is 0 Å². The van der Waals surface area contributed by atoms with Crippen LogP contribution in [0.2, 0.25) is 0 Å². The van der Waals surface area contributed by atoms with E-state index in [0.29, 0.717) is 17.7 Å². The molecule has 0 N–H and O–H groups in total. The Morgan fingerprint density at radius 1 is 1.03 bits per heavy atom. The normalized spacial score (nSPS) is 30.7. The monoisotopic (exact) mass is 447 g/mol. The number of aromatic nitrogens is 4. The van der Waals surface area contributed by atoms with Gasteiger partial charge in [-0.3, -0.25) is 4.79 Å². The highest BCUT2D eigenvalue weighted by Crippen LogP contribution is 2.50. The number of allylic oxidation sites excluding steroid dienone is 2. The van der Waals surface area contributed by atoms with Crippen LogP contribution in [0.15, 0.2) is 42.7 Å².